The average molecular weight is 289 g/mol. The molecule has 1 aromatic heterocycles. The molecule has 1 heterocycles. The van der Waals surface area contributed by atoms with E-state index < -0.39 is 0 Å². The SMILES string of the molecule is CCCNC(c1cccc(CC)c1)c1sccc1OC. The average Bonchev–Trinajstić information content (AvgIpc) is 2.96. The van der Waals surface area contributed by atoms with Crippen LogP contribution in [0.2, 0.25) is 0 Å². The number of hydrogen-bond donors (Lipinski definition) is 1. The molecule has 0 bridgehead atoms. The van der Waals surface area contributed by atoms with Gasteiger partial charge in [0.2, 0.25) is 0 Å². The Hall–Kier alpha value is -1.32. The first kappa shape index (κ1) is 15.1. The molecule has 0 amide bonds. The lowest BCUT2D eigenvalue weighted by Crippen LogP contribution is -2.22. The van der Waals surface area contributed by atoms with E-state index in [0.717, 1.165) is 25.1 Å². The van der Waals surface area contributed by atoms with Gasteiger partial charge in [-0.05, 0) is 42.0 Å². The lowest BCUT2D eigenvalue weighted by molar-refractivity contribution is 0.407. The minimum atomic E-state index is 0.219. The standard InChI is InChI=1S/C17H23NOS/c1-4-10-18-16(17-15(19-3)9-11-20-17)14-8-6-7-13(5-2)12-14/h6-9,11-12,16,18H,4-5,10H2,1-3H3. The number of ether oxygens (including phenoxy) is 1. The molecule has 0 fully saturated rings. The van der Waals surface area contributed by atoms with Crippen LogP contribution >= 0.6 is 11.3 Å². The molecule has 2 rings (SSSR count). The molecular weight excluding hydrogens is 266 g/mol. The van der Waals surface area contributed by atoms with Gasteiger partial charge in [-0.25, -0.2) is 0 Å². The Morgan fingerprint density at radius 1 is 1.25 bits per heavy atom. The number of nitrogens with one attached hydrogen (secondary N) is 1. The second kappa shape index (κ2) is 7.46. The van der Waals surface area contributed by atoms with Crippen molar-refractivity contribution in [1.29, 1.82) is 0 Å². The molecule has 1 atom stereocenters. The van der Waals surface area contributed by atoms with Gasteiger partial charge in [-0.3, -0.25) is 0 Å². The highest BCUT2D eigenvalue weighted by Crippen LogP contribution is 2.35. The van der Waals surface area contributed by atoms with Crippen LogP contribution in [0, 0.1) is 0 Å². The number of aryl methyl sites for hydroxylation is 1. The molecule has 20 heavy (non-hydrogen) atoms. The summed E-state index contributed by atoms with van der Waals surface area (Å²) in [5, 5.41) is 5.74. The zero-order chi connectivity index (χ0) is 14.4. The van der Waals surface area contributed by atoms with Crippen LogP contribution in [-0.4, -0.2) is 13.7 Å². The number of benzene rings is 1. The van der Waals surface area contributed by atoms with E-state index >= 15 is 0 Å². The molecular formula is C17H23NOS. The minimum Gasteiger partial charge on any atom is -0.496 e. The highest BCUT2D eigenvalue weighted by molar-refractivity contribution is 7.10. The molecule has 1 unspecified atom stereocenters. The van der Waals surface area contributed by atoms with Crippen molar-refractivity contribution in [2.24, 2.45) is 0 Å². The summed E-state index contributed by atoms with van der Waals surface area (Å²) in [6.07, 6.45) is 2.19. The van der Waals surface area contributed by atoms with Gasteiger partial charge < -0.3 is 10.1 Å². The fraction of sp³-hybridized carbons (Fsp3) is 0.412. The van der Waals surface area contributed by atoms with Gasteiger partial charge in [-0.1, -0.05) is 38.1 Å². The molecule has 0 radical (unpaired) electrons. The van der Waals surface area contributed by atoms with E-state index in [4.69, 9.17) is 4.74 Å². The Morgan fingerprint density at radius 3 is 2.80 bits per heavy atom. The van der Waals surface area contributed by atoms with Crippen molar-refractivity contribution in [3.63, 3.8) is 0 Å². The summed E-state index contributed by atoms with van der Waals surface area (Å²) in [5.41, 5.74) is 2.69. The van der Waals surface area contributed by atoms with Crippen molar-refractivity contribution < 1.29 is 4.74 Å². The summed E-state index contributed by atoms with van der Waals surface area (Å²) in [4.78, 5) is 1.26. The van der Waals surface area contributed by atoms with Crippen molar-refractivity contribution >= 4 is 11.3 Å². The molecule has 1 aromatic carbocycles. The monoisotopic (exact) mass is 289 g/mol. The summed E-state index contributed by atoms with van der Waals surface area (Å²) in [6, 6.07) is 11.1. The summed E-state index contributed by atoms with van der Waals surface area (Å²) >= 11 is 1.75. The minimum absolute atomic E-state index is 0.219. The van der Waals surface area contributed by atoms with E-state index in [1.54, 1.807) is 18.4 Å². The summed E-state index contributed by atoms with van der Waals surface area (Å²) in [5.74, 6) is 0.977. The fourth-order valence-electron chi connectivity index (χ4n) is 2.33. The van der Waals surface area contributed by atoms with Crippen molar-refractivity contribution in [3.05, 3.63) is 51.7 Å². The van der Waals surface area contributed by atoms with Gasteiger partial charge in [-0.2, -0.15) is 0 Å². The largest absolute Gasteiger partial charge is 0.496 e. The topological polar surface area (TPSA) is 21.3 Å². The van der Waals surface area contributed by atoms with Gasteiger partial charge in [0, 0.05) is 0 Å². The molecule has 3 heteroatoms. The zero-order valence-corrected chi connectivity index (χ0v) is 13.3. The normalized spacial score (nSPS) is 12.3. The molecule has 2 aromatic rings. The van der Waals surface area contributed by atoms with Gasteiger partial charge in [0.05, 0.1) is 18.0 Å². The third kappa shape index (κ3) is 3.41. The van der Waals surface area contributed by atoms with E-state index in [9.17, 15) is 0 Å². The van der Waals surface area contributed by atoms with Crippen molar-refractivity contribution in [1.82, 2.24) is 5.32 Å². The van der Waals surface area contributed by atoms with Crippen LogP contribution in [0.15, 0.2) is 35.7 Å². The Morgan fingerprint density at radius 2 is 2.10 bits per heavy atom. The molecule has 108 valence electrons. The molecule has 0 aliphatic rings. The van der Waals surface area contributed by atoms with E-state index in [1.807, 2.05) is 6.07 Å². The maximum Gasteiger partial charge on any atom is 0.134 e. The third-order valence-corrected chi connectivity index (χ3v) is 4.39. The van der Waals surface area contributed by atoms with Crippen LogP contribution in [-0.2, 0) is 6.42 Å². The number of thiophene rings is 1. The van der Waals surface area contributed by atoms with Crippen molar-refractivity contribution in [2.45, 2.75) is 32.7 Å². The molecule has 0 aliphatic carbocycles. The maximum absolute atomic E-state index is 5.49. The van der Waals surface area contributed by atoms with Gasteiger partial charge in [-0.15, -0.1) is 11.3 Å². The van der Waals surface area contributed by atoms with Crippen LogP contribution in [0.1, 0.15) is 42.3 Å². The van der Waals surface area contributed by atoms with Gasteiger partial charge >= 0.3 is 0 Å². The number of hydrogen-bond acceptors (Lipinski definition) is 3. The van der Waals surface area contributed by atoms with E-state index in [2.05, 4.69) is 48.8 Å². The number of rotatable bonds is 7. The summed E-state index contributed by atoms with van der Waals surface area (Å²) in [7, 11) is 1.74. The molecule has 1 N–H and O–H groups in total. The van der Waals surface area contributed by atoms with Crippen LogP contribution < -0.4 is 10.1 Å². The Balaban J connectivity index is 2.36. The van der Waals surface area contributed by atoms with E-state index in [-0.39, 0.29) is 6.04 Å². The Bertz CT molecular complexity index is 535. The first-order chi connectivity index (χ1) is 9.80. The fourth-order valence-corrected chi connectivity index (χ4v) is 3.29. The predicted molar refractivity (Wildman–Crippen MR) is 86.8 cm³/mol. The summed E-state index contributed by atoms with van der Waals surface area (Å²) in [6.45, 7) is 5.39. The Kier molecular flexibility index (Phi) is 5.62. The van der Waals surface area contributed by atoms with Crippen LogP contribution in [0.5, 0.6) is 5.75 Å². The molecule has 2 nitrogen and oxygen atoms in total. The maximum atomic E-state index is 5.49. The van der Waals surface area contributed by atoms with Gasteiger partial charge in [0.25, 0.3) is 0 Å². The second-order valence-electron chi connectivity index (χ2n) is 4.84. The molecule has 0 saturated heterocycles. The molecule has 0 spiro atoms. The lowest BCUT2D eigenvalue weighted by atomic mass is 10.0. The number of methoxy groups -OCH3 is 1. The predicted octanol–water partition coefficient (Wildman–Crippen LogP) is 4.41. The Labute approximate surface area is 125 Å². The van der Waals surface area contributed by atoms with Crippen LogP contribution in [0.25, 0.3) is 0 Å². The van der Waals surface area contributed by atoms with Gasteiger partial charge in [0.1, 0.15) is 5.75 Å². The molecule has 0 saturated carbocycles. The first-order valence-corrected chi connectivity index (χ1v) is 8.11. The highest BCUT2D eigenvalue weighted by atomic mass is 32.1. The smallest absolute Gasteiger partial charge is 0.134 e. The highest BCUT2D eigenvalue weighted by Gasteiger charge is 2.19. The van der Waals surface area contributed by atoms with E-state index in [1.165, 1.54) is 16.0 Å². The van der Waals surface area contributed by atoms with E-state index in [0.29, 0.717) is 0 Å². The first-order valence-electron chi connectivity index (χ1n) is 7.23. The van der Waals surface area contributed by atoms with Crippen LogP contribution in [0.4, 0.5) is 0 Å². The van der Waals surface area contributed by atoms with Crippen LogP contribution in [0.3, 0.4) is 0 Å². The third-order valence-electron chi connectivity index (χ3n) is 3.43. The van der Waals surface area contributed by atoms with Crippen molar-refractivity contribution in [2.75, 3.05) is 13.7 Å². The molecule has 0 aliphatic heterocycles. The zero-order valence-electron chi connectivity index (χ0n) is 12.5. The van der Waals surface area contributed by atoms with Crippen molar-refractivity contribution in [3.8, 4) is 5.75 Å². The lowest BCUT2D eigenvalue weighted by Gasteiger charge is -2.19. The quantitative estimate of drug-likeness (QED) is 0.815. The van der Waals surface area contributed by atoms with Gasteiger partial charge in [0.15, 0.2) is 0 Å². The summed E-state index contributed by atoms with van der Waals surface area (Å²) < 4.78 is 5.49. The second-order valence-corrected chi connectivity index (χ2v) is 5.79.